The molecule has 5 unspecified atom stereocenters. The van der Waals surface area contributed by atoms with Crippen molar-refractivity contribution in [3.63, 3.8) is 0 Å². The molecule has 5 atom stereocenters. The minimum atomic E-state index is -1.50. The summed E-state index contributed by atoms with van der Waals surface area (Å²) in [6.45, 7) is 5.34. The van der Waals surface area contributed by atoms with E-state index in [2.05, 4.69) is 10.6 Å². The third kappa shape index (κ3) is 7.93. The number of nitrogens with zero attached hydrogens (tertiary/aromatic N) is 1. The SMILES string of the molecule is CC(C)CC(NC(=O)C(N)Cc1ccc(O)cc1)C(=O)N1CCCC1C(=O)NC(C(=O)O)C(C)O. The van der Waals surface area contributed by atoms with Crippen LogP contribution in [-0.2, 0) is 25.6 Å². The normalized spacial score (nSPS) is 19.0. The first-order chi connectivity index (χ1) is 16.4. The maximum absolute atomic E-state index is 13.4. The second-order valence-electron chi connectivity index (χ2n) is 9.42. The maximum Gasteiger partial charge on any atom is 0.328 e. The molecular formula is C24H36N4O7. The predicted molar refractivity (Wildman–Crippen MR) is 127 cm³/mol. The highest BCUT2D eigenvalue weighted by Crippen LogP contribution is 2.21. The zero-order chi connectivity index (χ0) is 26.3. The van der Waals surface area contributed by atoms with Crippen LogP contribution >= 0.6 is 0 Å². The number of nitrogens with two attached hydrogens (primary N) is 1. The molecule has 194 valence electrons. The lowest BCUT2D eigenvalue weighted by Crippen LogP contribution is -2.58. The van der Waals surface area contributed by atoms with Gasteiger partial charge in [0.25, 0.3) is 0 Å². The highest BCUT2D eigenvalue weighted by molar-refractivity contribution is 5.94. The number of likely N-dealkylation sites (tertiary alicyclic amines) is 1. The fourth-order valence-electron chi connectivity index (χ4n) is 4.09. The van der Waals surface area contributed by atoms with E-state index >= 15 is 0 Å². The lowest BCUT2D eigenvalue weighted by atomic mass is 10.0. The van der Waals surface area contributed by atoms with Crippen molar-refractivity contribution < 1.29 is 34.5 Å². The molecule has 0 bridgehead atoms. The molecule has 0 aromatic heterocycles. The van der Waals surface area contributed by atoms with Gasteiger partial charge in [-0.2, -0.15) is 0 Å². The van der Waals surface area contributed by atoms with Gasteiger partial charge in [-0.05, 0) is 56.2 Å². The number of aliphatic hydroxyl groups is 1. The largest absolute Gasteiger partial charge is 0.508 e. The average molecular weight is 493 g/mol. The van der Waals surface area contributed by atoms with Crippen molar-refractivity contribution in [1.29, 1.82) is 0 Å². The van der Waals surface area contributed by atoms with E-state index in [4.69, 9.17) is 5.73 Å². The van der Waals surface area contributed by atoms with E-state index < -0.39 is 54.0 Å². The summed E-state index contributed by atoms with van der Waals surface area (Å²) in [5, 5.41) is 33.3. The van der Waals surface area contributed by atoms with Gasteiger partial charge in [0.05, 0.1) is 12.1 Å². The number of hydrogen-bond acceptors (Lipinski definition) is 7. The Kier molecular flexibility index (Phi) is 10.0. The van der Waals surface area contributed by atoms with Gasteiger partial charge in [0.1, 0.15) is 17.8 Å². The van der Waals surface area contributed by atoms with Crippen molar-refractivity contribution in [1.82, 2.24) is 15.5 Å². The molecule has 11 heteroatoms. The van der Waals surface area contributed by atoms with Gasteiger partial charge in [-0.1, -0.05) is 26.0 Å². The van der Waals surface area contributed by atoms with Crippen LogP contribution in [-0.4, -0.2) is 80.7 Å². The molecule has 1 saturated heterocycles. The van der Waals surface area contributed by atoms with E-state index in [1.165, 1.54) is 24.0 Å². The monoisotopic (exact) mass is 492 g/mol. The molecule has 0 spiro atoms. The third-order valence-electron chi connectivity index (χ3n) is 5.94. The Labute approximate surface area is 204 Å². The number of aliphatic carboxylic acids is 1. The number of phenolic OH excluding ortho intramolecular Hbond substituents is 1. The predicted octanol–water partition coefficient (Wildman–Crippen LogP) is -0.266. The van der Waals surface area contributed by atoms with Crippen LogP contribution in [0.4, 0.5) is 0 Å². The molecule has 7 N–H and O–H groups in total. The number of aromatic hydroxyl groups is 1. The van der Waals surface area contributed by atoms with Gasteiger partial charge in [0.15, 0.2) is 6.04 Å². The maximum atomic E-state index is 13.4. The molecule has 1 aromatic carbocycles. The molecule has 0 radical (unpaired) electrons. The molecule has 1 fully saturated rings. The number of rotatable bonds is 11. The second-order valence-corrected chi connectivity index (χ2v) is 9.42. The highest BCUT2D eigenvalue weighted by Gasteiger charge is 2.39. The molecular weight excluding hydrogens is 456 g/mol. The number of carbonyl (C=O) groups excluding carboxylic acids is 3. The summed E-state index contributed by atoms with van der Waals surface area (Å²) in [7, 11) is 0. The lowest BCUT2D eigenvalue weighted by Gasteiger charge is -2.31. The topological polar surface area (TPSA) is 182 Å². The van der Waals surface area contributed by atoms with Crippen LogP contribution in [0.25, 0.3) is 0 Å². The lowest BCUT2D eigenvalue weighted by molar-refractivity contribution is -0.147. The molecule has 1 aromatic rings. The van der Waals surface area contributed by atoms with Crippen molar-refractivity contribution in [3.05, 3.63) is 29.8 Å². The van der Waals surface area contributed by atoms with E-state index in [-0.39, 0.29) is 24.6 Å². The zero-order valence-electron chi connectivity index (χ0n) is 20.3. The van der Waals surface area contributed by atoms with Gasteiger partial charge in [-0.3, -0.25) is 14.4 Å². The second kappa shape index (κ2) is 12.5. The first-order valence-electron chi connectivity index (χ1n) is 11.8. The Morgan fingerprint density at radius 3 is 2.29 bits per heavy atom. The van der Waals surface area contributed by atoms with Gasteiger partial charge in [-0.15, -0.1) is 0 Å². The average Bonchev–Trinajstić information content (AvgIpc) is 3.27. The van der Waals surface area contributed by atoms with E-state index in [0.29, 0.717) is 19.3 Å². The van der Waals surface area contributed by atoms with Crippen LogP contribution in [0.5, 0.6) is 5.75 Å². The van der Waals surface area contributed by atoms with Crippen LogP contribution in [0.2, 0.25) is 0 Å². The minimum absolute atomic E-state index is 0.0547. The van der Waals surface area contributed by atoms with E-state index in [9.17, 15) is 34.5 Å². The molecule has 2 rings (SSSR count). The van der Waals surface area contributed by atoms with Crippen molar-refractivity contribution in [3.8, 4) is 5.75 Å². The number of phenols is 1. The van der Waals surface area contributed by atoms with Gasteiger partial charge in [0, 0.05) is 6.54 Å². The number of benzene rings is 1. The van der Waals surface area contributed by atoms with Gasteiger partial charge in [-0.25, -0.2) is 4.79 Å². The van der Waals surface area contributed by atoms with Gasteiger partial charge >= 0.3 is 5.97 Å². The van der Waals surface area contributed by atoms with Crippen molar-refractivity contribution in [2.45, 2.75) is 76.7 Å². The number of carbonyl (C=O) groups is 4. The summed E-state index contributed by atoms with van der Waals surface area (Å²) in [5.74, 6) is -2.84. The molecule has 1 aliphatic heterocycles. The first-order valence-corrected chi connectivity index (χ1v) is 11.8. The zero-order valence-corrected chi connectivity index (χ0v) is 20.3. The highest BCUT2D eigenvalue weighted by atomic mass is 16.4. The first kappa shape index (κ1) is 28.1. The fourth-order valence-corrected chi connectivity index (χ4v) is 4.09. The molecule has 1 heterocycles. The van der Waals surface area contributed by atoms with E-state index in [0.717, 1.165) is 5.56 Å². The Balaban J connectivity index is 2.11. The third-order valence-corrected chi connectivity index (χ3v) is 5.94. The quantitative estimate of drug-likeness (QED) is 0.244. The number of carboxylic acids is 1. The molecule has 1 aliphatic rings. The standard InChI is InChI=1S/C24H36N4O7/c1-13(2)11-18(26-21(31)17(25)12-15-6-8-16(30)9-7-15)23(33)28-10-4-5-19(28)22(32)27-20(14(3)29)24(34)35/h6-9,13-14,17-20,29-30H,4-5,10-12,25H2,1-3H3,(H,26,31)(H,27,32)(H,34,35). The Hall–Kier alpha value is -3.18. The van der Waals surface area contributed by atoms with Crippen molar-refractivity contribution in [2.75, 3.05) is 6.54 Å². The fraction of sp³-hybridized carbons (Fsp3) is 0.583. The van der Waals surface area contributed by atoms with Gasteiger partial charge < -0.3 is 36.6 Å². The number of amides is 3. The van der Waals surface area contributed by atoms with Crippen LogP contribution in [0.15, 0.2) is 24.3 Å². The van der Waals surface area contributed by atoms with Crippen molar-refractivity contribution in [2.24, 2.45) is 11.7 Å². The van der Waals surface area contributed by atoms with Crippen LogP contribution < -0.4 is 16.4 Å². The molecule has 0 aliphatic carbocycles. The van der Waals surface area contributed by atoms with Crippen LogP contribution in [0, 0.1) is 5.92 Å². The smallest absolute Gasteiger partial charge is 0.328 e. The molecule has 0 saturated carbocycles. The summed E-state index contributed by atoms with van der Waals surface area (Å²) in [6, 6.07) is 2.07. The molecule has 11 nitrogen and oxygen atoms in total. The van der Waals surface area contributed by atoms with Crippen LogP contribution in [0.1, 0.15) is 45.6 Å². The number of carboxylic acid groups (broad SMARTS) is 1. The summed E-state index contributed by atoms with van der Waals surface area (Å²) < 4.78 is 0. The Morgan fingerprint density at radius 2 is 1.74 bits per heavy atom. The summed E-state index contributed by atoms with van der Waals surface area (Å²) in [4.78, 5) is 51.7. The summed E-state index contributed by atoms with van der Waals surface area (Å²) >= 11 is 0. The molecule has 35 heavy (non-hydrogen) atoms. The Morgan fingerprint density at radius 1 is 1.11 bits per heavy atom. The number of hydrogen-bond donors (Lipinski definition) is 6. The molecule has 3 amide bonds. The number of aliphatic hydroxyl groups excluding tert-OH is 1. The number of nitrogens with one attached hydrogen (secondary N) is 2. The summed E-state index contributed by atoms with van der Waals surface area (Å²) in [6.07, 6.45) is 0.0994. The Bertz CT molecular complexity index is 904. The van der Waals surface area contributed by atoms with E-state index in [1.807, 2.05) is 13.8 Å². The van der Waals surface area contributed by atoms with Gasteiger partial charge in [0.2, 0.25) is 17.7 Å². The summed E-state index contributed by atoms with van der Waals surface area (Å²) in [5.41, 5.74) is 6.81. The minimum Gasteiger partial charge on any atom is -0.508 e. The van der Waals surface area contributed by atoms with Crippen LogP contribution in [0.3, 0.4) is 0 Å². The van der Waals surface area contributed by atoms with Crippen molar-refractivity contribution >= 4 is 23.7 Å². The van der Waals surface area contributed by atoms with E-state index in [1.54, 1.807) is 12.1 Å².